The molecule has 0 aromatic rings. The third-order valence-electron chi connectivity index (χ3n) is 3.83. The molecule has 0 radical (unpaired) electrons. The number of fused-ring (bicyclic) bond motifs is 5. The van der Waals surface area contributed by atoms with E-state index in [2.05, 4.69) is 0 Å². The molecule has 0 spiro atoms. The number of ether oxygens (including phenoxy) is 2. The highest BCUT2D eigenvalue weighted by Crippen LogP contribution is 2.58. The number of hydrogen-bond acceptors (Lipinski definition) is 6. The van der Waals surface area contributed by atoms with Gasteiger partial charge in [-0.2, -0.15) is 9.78 Å². The Kier molecular flexibility index (Phi) is 2.16. The summed E-state index contributed by atoms with van der Waals surface area (Å²) in [7, 11) is 1.43. The monoisotopic (exact) mass is 228 g/mol. The largest absolute Gasteiger partial charge is 0.329 e. The molecule has 0 aromatic heterocycles. The van der Waals surface area contributed by atoms with E-state index in [9.17, 15) is 9.59 Å². The van der Waals surface area contributed by atoms with Crippen LogP contribution in [0.1, 0.15) is 6.42 Å². The van der Waals surface area contributed by atoms with Crippen LogP contribution >= 0.6 is 0 Å². The van der Waals surface area contributed by atoms with E-state index in [1.165, 1.54) is 7.11 Å². The first kappa shape index (κ1) is 10.3. The lowest BCUT2D eigenvalue weighted by molar-refractivity contribution is -0.445. The molecule has 6 heteroatoms. The zero-order valence-electron chi connectivity index (χ0n) is 8.70. The first-order valence-corrected chi connectivity index (χ1v) is 5.24. The van der Waals surface area contributed by atoms with Crippen LogP contribution in [-0.2, 0) is 28.8 Å². The maximum atomic E-state index is 11.1. The van der Waals surface area contributed by atoms with Gasteiger partial charge in [0, 0.05) is 24.9 Å². The molecule has 16 heavy (non-hydrogen) atoms. The number of methoxy groups -OCH3 is 1. The Hall–Kier alpha value is -0.820. The van der Waals surface area contributed by atoms with Gasteiger partial charge < -0.3 is 14.3 Å². The molecule has 3 fully saturated rings. The van der Waals surface area contributed by atoms with Gasteiger partial charge in [-0.3, -0.25) is 4.74 Å². The molecule has 3 aliphatic rings. The molecule has 2 bridgehead atoms. The highest BCUT2D eigenvalue weighted by molar-refractivity contribution is 5.66. The van der Waals surface area contributed by atoms with E-state index in [1.54, 1.807) is 0 Å². The Labute approximate surface area is 91.7 Å². The van der Waals surface area contributed by atoms with E-state index < -0.39 is 18.2 Å². The highest BCUT2D eigenvalue weighted by atomic mass is 17.3. The molecule has 0 N–H and O–H groups in total. The van der Waals surface area contributed by atoms with Crippen molar-refractivity contribution in [3.63, 3.8) is 0 Å². The summed E-state index contributed by atoms with van der Waals surface area (Å²) in [5, 5.41) is 0. The SMILES string of the molecule is CO[C@@]12OO[C@@H](O1)[C@@H]1C[C@H](C=O)[C@H](C=O)[C@@H]12. The van der Waals surface area contributed by atoms with Gasteiger partial charge in [0.2, 0.25) is 6.29 Å². The Bertz CT molecular complexity index is 331. The van der Waals surface area contributed by atoms with Crippen molar-refractivity contribution in [1.29, 1.82) is 0 Å². The lowest BCUT2D eigenvalue weighted by atomic mass is 9.87. The van der Waals surface area contributed by atoms with Crippen molar-refractivity contribution < 1.29 is 28.8 Å². The van der Waals surface area contributed by atoms with Gasteiger partial charge in [0.05, 0.1) is 5.92 Å². The fourth-order valence-electron chi connectivity index (χ4n) is 3.11. The number of carbonyl (C=O) groups excluding carboxylic acids is 2. The standard InChI is InChI=1S/C10H12O6/c1-13-10-8-6(9(14-10)15-16-10)2-5(3-11)7(8)4-12/h3-9H,2H2,1H3/t5-,6-,7+,8-,9-,10-/m1/s1. The molecule has 88 valence electrons. The van der Waals surface area contributed by atoms with Crippen molar-refractivity contribution in [3.8, 4) is 0 Å². The fourth-order valence-corrected chi connectivity index (χ4v) is 3.11. The second-order valence-corrected chi connectivity index (χ2v) is 4.41. The van der Waals surface area contributed by atoms with E-state index in [-0.39, 0.29) is 17.8 Å². The van der Waals surface area contributed by atoms with Crippen LogP contribution in [0.3, 0.4) is 0 Å². The molecule has 1 saturated carbocycles. The van der Waals surface area contributed by atoms with E-state index in [0.29, 0.717) is 6.42 Å². The normalized spacial score (nSPS) is 53.9. The average Bonchev–Trinajstić information content (AvgIpc) is 2.97. The molecule has 6 nitrogen and oxygen atoms in total. The Morgan fingerprint density at radius 2 is 2.19 bits per heavy atom. The van der Waals surface area contributed by atoms with E-state index in [0.717, 1.165) is 12.6 Å². The first-order chi connectivity index (χ1) is 7.75. The topological polar surface area (TPSA) is 71.1 Å². The van der Waals surface area contributed by atoms with E-state index >= 15 is 0 Å². The Morgan fingerprint density at radius 3 is 2.81 bits per heavy atom. The minimum Gasteiger partial charge on any atom is -0.329 e. The first-order valence-electron chi connectivity index (χ1n) is 5.24. The van der Waals surface area contributed by atoms with Gasteiger partial charge in [0.15, 0.2) is 0 Å². The molecule has 2 aliphatic heterocycles. The zero-order valence-corrected chi connectivity index (χ0v) is 8.70. The lowest BCUT2D eigenvalue weighted by Crippen LogP contribution is -2.44. The molecular formula is C10H12O6. The summed E-state index contributed by atoms with van der Waals surface area (Å²) in [6.45, 7) is 0. The van der Waals surface area contributed by atoms with Crippen molar-refractivity contribution in [3.05, 3.63) is 0 Å². The van der Waals surface area contributed by atoms with Gasteiger partial charge in [-0.15, -0.1) is 0 Å². The number of carbonyl (C=O) groups is 2. The quantitative estimate of drug-likeness (QED) is 0.495. The zero-order chi connectivity index (χ0) is 11.3. The minimum atomic E-state index is -1.31. The van der Waals surface area contributed by atoms with Crippen molar-refractivity contribution in [2.45, 2.75) is 18.7 Å². The van der Waals surface area contributed by atoms with E-state index in [4.69, 9.17) is 19.2 Å². The maximum absolute atomic E-state index is 11.1. The van der Waals surface area contributed by atoms with Crippen LogP contribution in [0.25, 0.3) is 0 Å². The maximum Gasteiger partial charge on any atom is 0.318 e. The second kappa shape index (κ2) is 3.33. The van der Waals surface area contributed by atoms with Crippen LogP contribution in [0, 0.1) is 23.7 Å². The Balaban J connectivity index is 1.97. The van der Waals surface area contributed by atoms with Crippen LogP contribution in [0.15, 0.2) is 0 Å². The summed E-state index contributed by atoms with van der Waals surface area (Å²) in [5.74, 6) is -2.29. The van der Waals surface area contributed by atoms with Crippen LogP contribution < -0.4 is 0 Å². The van der Waals surface area contributed by atoms with Gasteiger partial charge in [0.25, 0.3) is 0 Å². The smallest absolute Gasteiger partial charge is 0.318 e. The molecule has 3 rings (SSSR count). The molecular weight excluding hydrogens is 216 g/mol. The number of hydrogen-bond donors (Lipinski definition) is 0. The predicted molar refractivity (Wildman–Crippen MR) is 47.5 cm³/mol. The van der Waals surface area contributed by atoms with Gasteiger partial charge >= 0.3 is 5.97 Å². The number of aldehydes is 2. The van der Waals surface area contributed by atoms with Gasteiger partial charge in [-0.25, -0.2) is 0 Å². The Morgan fingerprint density at radius 1 is 1.38 bits per heavy atom. The summed E-state index contributed by atoms with van der Waals surface area (Å²) in [6.07, 6.45) is 1.66. The second-order valence-electron chi connectivity index (χ2n) is 4.41. The van der Waals surface area contributed by atoms with E-state index in [1.807, 2.05) is 0 Å². The summed E-state index contributed by atoms with van der Waals surface area (Å²) >= 11 is 0. The van der Waals surface area contributed by atoms with Gasteiger partial charge in [-0.1, -0.05) is 0 Å². The highest BCUT2D eigenvalue weighted by Gasteiger charge is 2.70. The third kappa shape index (κ3) is 1.05. The predicted octanol–water partition coefficient (Wildman–Crippen LogP) is -0.129. The molecule has 6 atom stereocenters. The molecule has 1 aliphatic carbocycles. The molecule has 2 saturated heterocycles. The molecule has 0 aromatic carbocycles. The minimum absolute atomic E-state index is 0.0147. The molecule has 0 unspecified atom stereocenters. The summed E-state index contributed by atoms with van der Waals surface area (Å²) in [6, 6.07) is 0. The summed E-state index contributed by atoms with van der Waals surface area (Å²) in [4.78, 5) is 32.0. The molecule has 2 heterocycles. The van der Waals surface area contributed by atoms with Crippen LogP contribution in [-0.4, -0.2) is 31.9 Å². The van der Waals surface area contributed by atoms with Crippen LogP contribution in [0.5, 0.6) is 0 Å². The van der Waals surface area contributed by atoms with Gasteiger partial charge in [-0.05, 0) is 6.42 Å². The number of rotatable bonds is 3. The van der Waals surface area contributed by atoms with Crippen molar-refractivity contribution in [2.24, 2.45) is 23.7 Å². The van der Waals surface area contributed by atoms with Crippen molar-refractivity contribution in [2.75, 3.05) is 7.11 Å². The van der Waals surface area contributed by atoms with Crippen LogP contribution in [0.2, 0.25) is 0 Å². The van der Waals surface area contributed by atoms with Crippen molar-refractivity contribution in [1.82, 2.24) is 0 Å². The lowest BCUT2D eigenvalue weighted by Gasteiger charge is -2.30. The van der Waals surface area contributed by atoms with Crippen LogP contribution in [0.4, 0.5) is 0 Å². The third-order valence-corrected chi connectivity index (χ3v) is 3.83. The average molecular weight is 228 g/mol. The molecule has 0 amide bonds. The van der Waals surface area contributed by atoms with Crippen molar-refractivity contribution >= 4 is 12.6 Å². The summed E-state index contributed by atoms with van der Waals surface area (Å²) in [5.41, 5.74) is 0. The summed E-state index contributed by atoms with van der Waals surface area (Å²) < 4.78 is 10.6. The van der Waals surface area contributed by atoms with Gasteiger partial charge in [0.1, 0.15) is 12.6 Å². The fraction of sp³-hybridized carbons (Fsp3) is 0.800.